The van der Waals surface area contributed by atoms with E-state index in [1.54, 1.807) is 0 Å². The van der Waals surface area contributed by atoms with Gasteiger partial charge in [-0.25, -0.2) is 9.13 Å². The van der Waals surface area contributed by atoms with Crippen molar-refractivity contribution >= 4 is 33.6 Å². The topological polar surface area (TPSA) is 231 Å². The summed E-state index contributed by atoms with van der Waals surface area (Å²) in [6.07, 6.45) is 76.1. The highest BCUT2D eigenvalue weighted by atomic mass is 31.2. The Morgan fingerprint density at radius 3 is 0.957 bits per heavy atom. The normalized spacial score (nSPS) is 14.7. The standard InChI is InChI=1S/C75H132O16P2/c1-4-7-10-13-16-19-22-25-27-28-29-30-31-32-33-34-35-36-37-38-39-40-42-45-46-49-52-55-58-61-73(78)85-64-70(76)65-87-92(81,82)88-66-71(77)67-89-93(83,84)90-69-72(91-75(80)63-60-57-54-51-48-43-24-21-18-15-12-9-6-3)68-86-74(79)62-59-56-53-50-47-44-41-26-23-20-17-14-11-8-5-2/h7,10,12,15-16,19,21,24-27,29-30,32-33,41,70-72,76-77H,4-6,8-9,11,13-14,17-18,20,22-23,28,31,34-40,42-69H2,1-3H3,(H,81,82)(H,83,84)/b10-7-,15-12-,19-16-,24-21-,27-25-,30-29-,33-32-,41-26-. The molecule has 0 radical (unpaired) electrons. The highest BCUT2D eigenvalue weighted by molar-refractivity contribution is 7.47. The number of hydrogen-bond acceptors (Lipinski definition) is 14. The van der Waals surface area contributed by atoms with Gasteiger partial charge in [-0.2, -0.15) is 0 Å². The second kappa shape index (κ2) is 68.4. The molecule has 0 fully saturated rings. The monoisotopic (exact) mass is 1350 g/mol. The molecule has 0 aromatic rings. The Bertz CT molecular complexity index is 2080. The van der Waals surface area contributed by atoms with Crippen LogP contribution in [0.25, 0.3) is 0 Å². The Balaban J connectivity index is 4.44. The molecule has 0 aliphatic heterocycles. The van der Waals surface area contributed by atoms with Crippen LogP contribution < -0.4 is 0 Å². The number of phosphoric acid groups is 2. The number of phosphoric ester groups is 2. The van der Waals surface area contributed by atoms with E-state index in [1.807, 2.05) is 0 Å². The molecule has 0 aromatic heterocycles. The van der Waals surface area contributed by atoms with Crippen LogP contribution in [0, 0.1) is 0 Å². The first kappa shape index (κ1) is 89.5. The summed E-state index contributed by atoms with van der Waals surface area (Å²) in [6.45, 7) is 2.48. The Morgan fingerprint density at radius 1 is 0.312 bits per heavy atom. The second-order valence-corrected chi connectivity index (χ2v) is 27.3. The second-order valence-electron chi connectivity index (χ2n) is 24.4. The highest BCUT2D eigenvalue weighted by Gasteiger charge is 2.29. The molecule has 93 heavy (non-hydrogen) atoms. The minimum atomic E-state index is -4.93. The molecule has 0 heterocycles. The molecule has 0 rings (SSSR count). The summed E-state index contributed by atoms with van der Waals surface area (Å²) < 4.78 is 60.9. The van der Waals surface area contributed by atoms with Gasteiger partial charge in [0.2, 0.25) is 0 Å². The average molecular weight is 1350 g/mol. The lowest BCUT2D eigenvalue weighted by Gasteiger charge is -2.21. The van der Waals surface area contributed by atoms with Crippen LogP contribution in [0.1, 0.15) is 303 Å². The molecule has 0 aromatic carbocycles. The number of allylic oxidation sites excluding steroid dienone is 16. The summed E-state index contributed by atoms with van der Waals surface area (Å²) in [5.74, 6) is -1.60. The maximum Gasteiger partial charge on any atom is 0.472 e. The van der Waals surface area contributed by atoms with Gasteiger partial charge in [-0.15, -0.1) is 0 Å². The van der Waals surface area contributed by atoms with Gasteiger partial charge in [-0.3, -0.25) is 32.5 Å². The van der Waals surface area contributed by atoms with E-state index in [0.717, 1.165) is 148 Å². The van der Waals surface area contributed by atoms with Crippen molar-refractivity contribution in [3.63, 3.8) is 0 Å². The molecule has 0 bridgehead atoms. The van der Waals surface area contributed by atoms with E-state index >= 15 is 0 Å². The fourth-order valence-corrected chi connectivity index (χ4v) is 11.3. The molecule has 0 saturated carbocycles. The van der Waals surface area contributed by atoms with Gasteiger partial charge in [-0.1, -0.05) is 266 Å². The number of aliphatic hydroxyl groups excluding tert-OH is 2. The molecule has 538 valence electrons. The van der Waals surface area contributed by atoms with Gasteiger partial charge in [0.25, 0.3) is 0 Å². The number of unbranched alkanes of at least 4 members (excludes halogenated alkanes) is 30. The van der Waals surface area contributed by atoms with Gasteiger partial charge in [0.05, 0.1) is 26.4 Å². The minimum absolute atomic E-state index is 0.0878. The molecule has 0 saturated heterocycles. The van der Waals surface area contributed by atoms with E-state index in [4.69, 9.17) is 32.3 Å². The molecule has 16 nitrogen and oxygen atoms in total. The molecule has 0 aliphatic rings. The first-order valence-corrected chi connectivity index (χ1v) is 39.5. The van der Waals surface area contributed by atoms with Crippen LogP contribution in [0.2, 0.25) is 0 Å². The van der Waals surface area contributed by atoms with Crippen molar-refractivity contribution in [2.45, 2.75) is 322 Å². The van der Waals surface area contributed by atoms with Gasteiger partial charge in [0.1, 0.15) is 25.4 Å². The SMILES string of the molecule is CC/C=C\C/C=C\C/C=C\C/C=C\C/C=C\CCCCCCCCCCCCCCCC(=O)OCC(O)COP(=O)(O)OCC(O)COP(=O)(O)OCC(COC(=O)CCCCCCC/C=C\CCCCCCCC)OC(=O)CCCCCCC/C=C\C/C=C\CCC. The van der Waals surface area contributed by atoms with Crippen LogP contribution in [0.3, 0.4) is 0 Å². The van der Waals surface area contributed by atoms with Crippen molar-refractivity contribution in [3.8, 4) is 0 Å². The number of esters is 3. The molecule has 4 N–H and O–H groups in total. The summed E-state index contributed by atoms with van der Waals surface area (Å²) in [5.41, 5.74) is 0. The van der Waals surface area contributed by atoms with Crippen LogP contribution in [0.4, 0.5) is 0 Å². The van der Waals surface area contributed by atoms with E-state index < -0.39 is 91.5 Å². The Labute approximate surface area is 565 Å². The quantitative estimate of drug-likeness (QED) is 0.0146. The van der Waals surface area contributed by atoms with Crippen molar-refractivity contribution in [2.75, 3.05) is 39.6 Å². The number of aliphatic hydroxyl groups is 2. The third-order valence-electron chi connectivity index (χ3n) is 15.2. The summed E-state index contributed by atoms with van der Waals surface area (Å²) in [5, 5.41) is 20.6. The molecular formula is C75H132O16P2. The number of rotatable bonds is 69. The number of carbonyl (C=O) groups is 3. The molecular weight excluding hydrogens is 1220 g/mol. The minimum Gasteiger partial charge on any atom is -0.463 e. The molecule has 0 amide bonds. The van der Waals surface area contributed by atoms with Gasteiger partial charge in [0.15, 0.2) is 6.10 Å². The zero-order valence-corrected chi connectivity index (χ0v) is 60.2. The van der Waals surface area contributed by atoms with Crippen LogP contribution in [-0.2, 0) is 55.8 Å². The third-order valence-corrected chi connectivity index (χ3v) is 17.1. The van der Waals surface area contributed by atoms with E-state index in [1.165, 1.54) is 96.3 Å². The lowest BCUT2D eigenvalue weighted by Crippen LogP contribution is -2.30. The summed E-state index contributed by atoms with van der Waals surface area (Å²) >= 11 is 0. The van der Waals surface area contributed by atoms with Crippen molar-refractivity contribution in [3.05, 3.63) is 97.2 Å². The number of ether oxygens (including phenoxy) is 3. The molecule has 0 spiro atoms. The van der Waals surface area contributed by atoms with Crippen molar-refractivity contribution in [1.82, 2.24) is 0 Å². The molecule has 5 atom stereocenters. The van der Waals surface area contributed by atoms with E-state index in [9.17, 15) is 43.5 Å². The lowest BCUT2D eigenvalue weighted by atomic mass is 10.0. The van der Waals surface area contributed by atoms with Crippen molar-refractivity contribution < 1.29 is 75.8 Å². The van der Waals surface area contributed by atoms with Gasteiger partial charge in [0, 0.05) is 19.3 Å². The highest BCUT2D eigenvalue weighted by Crippen LogP contribution is 2.45. The first-order chi connectivity index (χ1) is 45.2. The van der Waals surface area contributed by atoms with Crippen LogP contribution >= 0.6 is 15.6 Å². The van der Waals surface area contributed by atoms with E-state index in [0.29, 0.717) is 19.3 Å². The maximum atomic E-state index is 12.9. The van der Waals surface area contributed by atoms with Crippen molar-refractivity contribution in [1.29, 1.82) is 0 Å². The zero-order valence-electron chi connectivity index (χ0n) is 58.4. The van der Waals surface area contributed by atoms with Crippen LogP contribution in [0.15, 0.2) is 97.2 Å². The van der Waals surface area contributed by atoms with Gasteiger partial charge < -0.3 is 34.2 Å². The number of hydrogen-bond donors (Lipinski definition) is 4. The molecule has 18 heteroatoms. The summed E-state index contributed by atoms with van der Waals surface area (Å²) in [7, 11) is -9.78. The maximum absolute atomic E-state index is 12.9. The molecule has 0 aliphatic carbocycles. The van der Waals surface area contributed by atoms with E-state index in [2.05, 4.69) is 118 Å². The fraction of sp³-hybridized carbons (Fsp3) is 0.747. The predicted molar refractivity (Wildman–Crippen MR) is 381 cm³/mol. The zero-order chi connectivity index (χ0) is 68.1. The van der Waals surface area contributed by atoms with Gasteiger partial charge in [-0.05, 0) is 116 Å². The third kappa shape index (κ3) is 69.6. The average Bonchev–Trinajstić information content (AvgIpc) is 2.91. The number of carbonyl (C=O) groups excluding carboxylic acids is 3. The van der Waals surface area contributed by atoms with Crippen molar-refractivity contribution in [2.24, 2.45) is 0 Å². The Morgan fingerprint density at radius 2 is 0.591 bits per heavy atom. The smallest absolute Gasteiger partial charge is 0.463 e. The summed E-state index contributed by atoms with van der Waals surface area (Å²) in [6, 6.07) is 0. The molecule has 5 unspecified atom stereocenters. The van der Waals surface area contributed by atoms with Crippen LogP contribution in [-0.4, -0.2) is 95.9 Å². The Kier molecular flexibility index (Phi) is 65.8. The summed E-state index contributed by atoms with van der Waals surface area (Å²) in [4.78, 5) is 58.4. The predicted octanol–water partition coefficient (Wildman–Crippen LogP) is 20.6. The van der Waals surface area contributed by atoms with Gasteiger partial charge >= 0.3 is 33.6 Å². The van der Waals surface area contributed by atoms with Crippen LogP contribution in [0.5, 0.6) is 0 Å². The lowest BCUT2D eigenvalue weighted by molar-refractivity contribution is -0.161. The Hall–Kier alpha value is -3.53. The van der Waals surface area contributed by atoms with E-state index in [-0.39, 0.29) is 19.3 Å². The first-order valence-electron chi connectivity index (χ1n) is 36.5. The largest absolute Gasteiger partial charge is 0.472 e. The fourth-order valence-electron chi connectivity index (χ4n) is 9.69.